The van der Waals surface area contributed by atoms with Gasteiger partial charge in [0.1, 0.15) is 0 Å². The van der Waals surface area contributed by atoms with Crippen LogP contribution in [-0.2, 0) is 0 Å². The first kappa shape index (κ1) is 12.0. The molecule has 0 unspecified atom stereocenters. The summed E-state index contributed by atoms with van der Waals surface area (Å²) in [6.07, 6.45) is 6.68. The molecule has 0 radical (unpaired) electrons. The normalized spacial score (nSPS) is 17.2. The van der Waals surface area contributed by atoms with Crippen LogP contribution in [0.25, 0.3) is 10.9 Å². The summed E-state index contributed by atoms with van der Waals surface area (Å²) < 4.78 is 0. The van der Waals surface area contributed by atoms with Crippen LogP contribution in [0.4, 0.5) is 0 Å². The molecule has 0 N–H and O–H groups in total. The Morgan fingerprint density at radius 1 is 1.11 bits per heavy atom. The molecule has 18 heavy (non-hydrogen) atoms. The molecule has 0 spiro atoms. The van der Waals surface area contributed by atoms with Crippen molar-refractivity contribution in [1.82, 2.24) is 4.98 Å². The maximum Gasteiger partial charge on any atom is 0.0709 e. The minimum Gasteiger partial charge on any atom is -0.253 e. The van der Waals surface area contributed by atoms with Gasteiger partial charge >= 0.3 is 0 Å². The zero-order valence-electron chi connectivity index (χ0n) is 10.7. The highest BCUT2D eigenvalue weighted by molar-refractivity contribution is 6.31. The topological polar surface area (TPSA) is 12.9 Å². The van der Waals surface area contributed by atoms with Gasteiger partial charge in [-0.3, -0.25) is 4.98 Å². The second kappa shape index (κ2) is 4.89. The van der Waals surface area contributed by atoms with Crippen LogP contribution in [0, 0.1) is 6.92 Å². The largest absolute Gasteiger partial charge is 0.253 e. The first-order valence-corrected chi connectivity index (χ1v) is 7.18. The van der Waals surface area contributed by atoms with Crippen LogP contribution in [0.1, 0.15) is 49.3 Å². The molecule has 1 aromatic heterocycles. The molecule has 2 heteroatoms. The molecule has 1 aliphatic carbocycles. The minimum atomic E-state index is 0.664. The number of fused-ring (bicyclic) bond motifs is 1. The highest BCUT2D eigenvalue weighted by atomic mass is 35.5. The number of halogens is 1. The van der Waals surface area contributed by atoms with Gasteiger partial charge in [-0.15, -0.1) is 0 Å². The predicted molar refractivity (Wildman–Crippen MR) is 77.3 cm³/mol. The van der Waals surface area contributed by atoms with Gasteiger partial charge in [0.15, 0.2) is 0 Å². The van der Waals surface area contributed by atoms with Crippen LogP contribution in [-0.4, -0.2) is 4.98 Å². The molecule has 0 saturated heterocycles. The standard InChI is InChI=1S/C16H18ClN/c1-11-9-16(12-5-3-2-4-6-12)18-15-8-7-13(17)10-14(11)15/h7-10,12H,2-6H2,1H3. The highest BCUT2D eigenvalue weighted by Gasteiger charge is 2.17. The van der Waals surface area contributed by atoms with Gasteiger partial charge in [-0.25, -0.2) is 0 Å². The molecule has 0 atom stereocenters. The number of benzene rings is 1. The average molecular weight is 260 g/mol. The summed E-state index contributed by atoms with van der Waals surface area (Å²) in [4.78, 5) is 4.84. The summed E-state index contributed by atoms with van der Waals surface area (Å²) in [6, 6.07) is 8.25. The van der Waals surface area contributed by atoms with Gasteiger partial charge in [-0.1, -0.05) is 30.9 Å². The van der Waals surface area contributed by atoms with E-state index in [4.69, 9.17) is 16.6 Å². The average Bonchev–Trinajstić information content (AvgIpc) is 2.40. The molecule has 1 heterocycles. The zero-order chi connectivity index (χ0) is 12.5. The molecule has 2 aromatic rings. The van der Waals surface area contributed by atoms with Gasteiger partial charge in [-0.2, -0.15) is 0 Å². The lowest BCUT2D eigenvalue weighted by atomic mass is 9.86. The predicted octanol–water partition coefficient (Wildman–Crippen LogP) is 5.24. The van der Waals surface area contributed by atoms with E-state index < -0.39 is 0 Å². The zero-order valence-corrected chi connectivity index (χ0v) is 11.5. The molecule has 1 aromatic carbocycles. The summed E-state index contributed by atoms with van der Waals surface area (Å²) in [5.74, 6) is 0.664. The Balaban J connectivity index is 2.06. The second-order valence-electron chi connectivity index (χ2n) is 5.36. The Morgan fingerprint density at radius 3 is 2.67 bits per heavy atom. The molecule has 1 saturated carbocycles. The van der Waals surface area contributed by atoms with Crippen LogP contribution in [0.15, 0.2) is 24.3 Å². The molecule has 3 rings (SSSR count). The van der Waals surface area contributed by atoms with Crippen molar-refractivity contribution in [3.8, 4) is 0 Å². The molecule has 0 amide bonds. The van der Waals surface area contributed by atoms with Gasteiger partial charge in [0, 0.05) is 22.0 Å². The minimum absolute atomic E-state index is 0.664. The van der Waals surface area contributed by atoms with E-state index in [1.54, 1.807) is 0 Å². The Morgan fingerprint density at radius 2 is 1.89 bits per heavy atom. The Labute approximate surface area is 113 Å². The van der Waals surface area contributed by atoms with Crippen molar-refractivity contribution in [2.24, 2.45) is 0 Å². The molecule has 1 fully saturated rings. The van der Waals surface area contributed by atoms with Crippen molar-refractivity contribution >= 4 is 22.5 Å². The maximum absolute atomic E-state index is 6.05. The number of hydrogen-bond acceptors (Lipinski definition) is 1. The van der Waals surface area contributed by atoms with Crippen LogP contribution in [0.5, 0.6) is 0 Å². The van der Waals surface area contributed by atoms with Gasteiger partial charge in [0.2, 0.25) is 0 Å². The third-order valence-corrected chi connectivity index (χ3v) is 4.26. The number of nitrogens with zero attached hydrogens (tertiary/aromatic N) is 1. The SMILES string of the molecule is Cc1cc(C2CCCCC2)nc2ccc(Cl)cc12. The molecule has 94 valence electrons. The summed E-state index contributed by atoms with van der Waals surface area (Å²) in [7, 11) is 0. The van der Waals surface area contributed by atoms with E-state index in [0.717, 1.165) is 10.5 Å². The summed E-state index contributed by atoms with van der Waals surface area (Å²) in [5.41, 5.74) is 3.66. The van der Waals surface area contributed by atoms with Gasteiger partial charge in [0.25, 0.3) is 0 Å². The van der Waals surface area contributed by atoms with Crippen molar-refractivity contribution in [3.63, 3.8) is 0 Å². The highest BCUT2D eigenvalue weighted by Crippen LogP contribution is 2.33. The summed E-state index contributed by atoms with van der Waals surface area (Å²) in [5, 5.41) is 1.97. The third kappa shape index (κ3) is 2.24. The molecule has 1 aliphatic rings. The van der Waals surface area contributed by atoms with Crippen LogP contribution in [0.3, 0.4) is 0 Å². The summed E-state index contributed by atoms with van der Waals surface area (Å²) >= 11 is 6.05. The molecule has 0 bridgehead atoms. The van der Waals surface area contributed by atoms with Crippen molar-refractivity contribution < 1.29 is 0 Å². The van der Waals surface area contributed by atoms with Crippen molar-refractivity contribution in [2.45, 2.75) is 44.9 Å². The van der Waals surface area contributed by atoms with Gasteiger partial charge in [-0.05, 0) is 49.6 Å². The lowest BCUT2D eigenvalue weighted by molar-refractivity contribution is 0.437. The van der Waals surface area contributed by atoms with E-state index in [1.165, 1.54) is 48.7 Å². The van der Waals surface area contributed by atoms with Crippen molar-refractivity contribution in [1.29, 1.82) is 0 Å². The molecule has 0 aliphatic heterocycles. The van der Waals surface area contributed by atoms with Gasteiger partial charge in [0.05, 0.1) is 5.52 Å². The Bertz CT molecular complexity index is 571. The van der Waals surface area contributed by atoms with E-state index in [-0.39, 0.29) is 0 Å². The fraction of sp³-hybridized carbons (Fsp3) is 0.438. The van der Waals surface area contributed by atoms with E-state index >= 15 is 0 Å². The van der Waals surface area contributed by atoms with E-state index in [0.29, 0.717) is 5.92 Å². The number of rotatable bonds is 1. The molecular weight excluding hydrogens is 242 g/mol. The lowest BCUT2D eigenvalue weighted by Gasteiger charge is -2.21. The summed E-state index contributed by atoms with van der Waals surface area (Å²) in [6.45, 7) is 2.16. The van der Waals surface area contributed by atoms with E-state index in [1.807, 2.05) is 18.2 Å². The molecular formula is C16H18ClN. The second-order valence-corrected chi connectivity index (χ2v) is 5.80. The molecule has 1 nitrogen and oxygen atoms in total. The number of pyridine rings is 1. The Kier molecular flexibility index (Phi) is 3.25. The number of aryl methyl sites for hydroxylation is 1. The van der Waals surface area contributed by atoms with Crippen molar-refractivity contribution in [3.05, 3.63) is 40.5 Å². The van der Waals surface area contributed by atoms with Crippen LogP contribution >= 0.6 is 11.6 Å². The van der Waals surface area contributed by atoms with E-state index in [2.05, 4.69) is 13.0 Å². The van der Waals surface area contributed by atoms with E-state index in [9.17, 15) is 0 Å². The lowest BCUT2D eigenvalue weighted by Crippen LogP contribution is -2.07. The Hall–Kier alpha value is -1.08. The maximum atomic E-state index is 6.05. The smallest absolute Gasteiger partial charge is 0.0709 e. The first-order valence-electron chi connectivity index (χ1n) is 6.81. The van der Waals surface area contributed by atoms with Crippen molar-refractivity contribution in [2.75, 3.05) is 0 Å². The fourth-order valence-corrected chi connectivity index (χ4v) is 3.17. The van der Waals surface area contributed by atoms with Crippen LogP contribution in [0.2, 0.25) is 5.02 Å². The fourth-order valence-electron chi connectivity index (χ4n) is 3.00. The number of aromatic nitrogens is 1. The quantitative estimate of drug-likeness (QED) is 0.682. The first-order chi connectivity index (χ1) is 8.74. The van der Waals surface area contributed by atoms with Crippen LogP contribution < -0.4 is 0 Å². The number of hydrogen-bond donors (Lipinski definition) is 0. The monoisotopic (exact) mass is 259 g/mol. The third-order valence-electron chi connectivity index (χ3n) is 4.02. The van der Waals surface area contributed by atoms with Gasteiger partial charge < -0.3 is 0 Å².